The van der Waals surface area contributed by atoms with Crippen LogP contribution in [0.1, 0.15) is 59.8 Å². The molecule has 1 heterocycles. The van der Waals surface area contributed by atoms with Gasteiger partial charge < -0.3 is 15.3 Å². The molecule has 6 nitrogen and oxygen atoms in total. The SMILES string of the molecule is CCCC(C)N1CC(C(=O)NC(C)(C)CCC(=O)O)CC1=O. The summed E-state index contributed by atoms with van der Waals surface area (Å²) in [5.41, 5.74) is -0.582. The Morgan fingerprint density at radius 1 is 1.45 bits per heavy atom. The van der Waals surface area contributed by atoms with E-state index in [9.17, 15) is 14.4 Å². The van der Waals surface area contributed by atoms with E-state index in [-0.39, 0.29) is 36.6 Å². The highest BCUT2D eigenvalue weighted by Crippen LogP contribution is 2.23. The van der Waals surface area contributed by atoms with Crippen LogP contribution in [0, 0.1) is 5.92 Å². The molecular weight excluding hydrogens is 284 g/mol. The van der Waals surface area contributed by atoms with E-state index in [1.54, 1.807) is 4.90 Å². The highest BCUT2D eigenvalue weighted by Gasteiger charge is 2.37. The topological polar surface area (TPSA) is 86.7 Å². The van der Waals surface area contributed by atoms with Crippen molar-refractivity contribution in [1.29, 1.82) is 0 Å². The maximum Gasteiger partial charge on any atom is 0.303 e. The number of amides is 2. The van der Waals surface area contributed by atoms with Crippen molar-refractivity contribution in [2.45, 2.75) is 71.4 Å². The molecular formula is C16H28N2O4. The monoisotopic (exact) mass is 312 g/mol. The molecule has 0 aromatic carbocycles. The summed E-state index contributed by atoms with van der Waals surface area (Å²) in [6, 6.07) is 0.162. The Labute approximate surface area is 132 Å². The van der Waals surface area contributed by atoms with Gasteiger partial charge in [0.15, 0.2) is 0 Å². The fraction of sp³-hybridized carbons (Fsp3) is 0.812. The molecule has 0 aromatic rings. The van der Waals surface area contributed by atoms with Gasteiger partial charge in [0.1, 0.15) is 0 Å². The first kappa shape index (κ1) is 18.5. The van der Waals surface area contributed by atoms with Gasteiger partial charge in [-0.1, -0.05) is 13.3 Å². The van der Waals surface area contributed by atoms with Gasteiger partial charge in [0.25, 0.3) is 0 Å². The molecule has 0 bridgehead atoms. The zero-order valence-electron chi connectivity index (χ0n) is 14.0. The molecule has 1 fully saturated rings. The third kappa shape index (κ3) is 5.31. The predicted molar refractivity (Wildman–Crippen MR) is 83.3 cm³/mol. The molecule has 2 atom stereocenters. The van der Waals surface area contributed by atoms with Crippen LogP contribution in [-0.2, 0) is 14.4 Å². The molecule has 2 N–H and O–H groups in total. The summed E-state index contributed by atoms with van der Waals surface area (Å²) < 4.78 is 0. The van der Waals surface area contributed by atoms with E-state index >= 15 is 0 Å². The standard InChI is InChI=1S/C16H28N2O4/c1-5-6-11(2)18-10-12(9-13(18)19)15(22)17-16(3,4)8-7-14(20)21/h11-12H,5-10H2,1-4H3,(H,17,22)(H,20,21). The third-order valence-corrected chi connectivity index (χ3v) is 4.19. The second-order valence-electron chi connectivity index (χ2n) is 6.85. The summed E-state index contributed by atoms with van der Waals surface area (Å²) in [6.07, 6.45) is 2.56. The molecule has 1 saturated heterocycles. The number of rotatable bonds is 8. The lowest BCUT2D eigenvalue weighted by atomic mass is 9.96. The van der Waals surface area contributed by atoms with Gasteiger partial charge >= 0.3 is 5.97 Å². The van der Waals surface area contributed by atoms with E-state index in [4.69, 9.17) is 5.11 Å². The molecule has 0 aliphatic carbocycles. The first-order valence-corrected chi connectivity index (χ1v) is 7.99. The molecule has 2 unspecified atom stereocenters. The van der Waals surface area contributed by atoms with Crippen LogP contribution in [0.15, 0.2) is 0 Å². The lowest BCUT2D eigenvalue weighted by Crippen LogP contribution is -2.47. The van der Waals surface area contributed by atoms with Crippen molar-refractivity contribution in [2.24, 2.45) is 5.92 Å². The van der Waals surface area contributed by atoms with Crippen molar-refractivity contribution < 1.29 is 19.5 Å². The van der Waals surface area contributed by atoms with E-state index in [1.165, 1.54) is 0 Å². The maximum atomic E-state index is 12.3. The minimum atomic E-state index is -0.877. The summed E-state index contributed by atoms with van der Waals surface area (Å²) in [7, 11) is 0. The quantitative estimate of drug-likeness (QED) is 0.715. The first-order chi connectivity index (χ1) is 10.2. The van der Waals surface area contributed by atoms with Crippen molar-refractivity contribution in [3.05, 3.63) is 0 Å². The summed E-state index contributed by atoms with van der Waals surface area (Å²) in [5, 5.41) is 11.6. The molecule has 1 aliphatic heterocycles. The molecule has 0 radical (unpaired) electrons. The van der Waals surface area contributed by atoms with E-state index in [1.807, 2.05) is 20.8 Å². The molecule has 0 spiro atoms. The van der Waals surface area contributed by atoms with Crippen molar-refractivity contribution >= 4 is 17.8 Å². The number of carboxylic acids is 1. The second-order valence-corrected chi connectivity index (χ2v) is 6.85. The average molecular weight is 312 g/mol. The number of hydrogen-bond acceptors (Lipinski definition) is 3. The summed E-state index contributed by atoms with van der Waals surface area (Å²) in [5.74, 6) is -1.34. The highest BCUT2D eigenvalue weighted by atomic mass is 16.4. The number of carbonyl (C=O) groups excluding carboxylic acids is 2. The number of aliphatic carboxylic acids is 1. The van der Waals surface area contributed by atoms with Crippen LogP contribution < -0.4 is 5.32 Å². The number of nitrogens with zero attached hydrogens (tertiary/aromatic N) is 1. The zero-order valence-corrected chi connectivity index (χ0v) is 14.0. The maximum absolute atomic E-state index is 12.3. The third-order valence-electron chi connectivity index (χ3n) is 4.19. The van der Waals surface area contributed by atoms with Crippen molar-refractivity contribution in [1.82, 2.24) is 10.2 Å². The van der Waals surface area contributed by atoms with Gasteiger partial charge in [-0.2, -0.15) is 0 Å². The number of hydrogen-bond donors (Lipinski definition) is 2. The molecule has 0 aromatic heterocycles. The van der Waals surface area contributed by atoms with Crippen molar-refractivity contribution in [2.75, 3.05) is 6.54 Å². The van der Waals surface area contributed by atoms with Crippen LogP contribution >= 0.6 is 0 Å². The Morgan fingerprint density at radius 3 is 2.64 bits per heavy atom. The van der Waals surface area contributed by atoms with Crippen LogP contribution in [-0.4, -0.2) is 45.9 Å². The van der Waals surface area contributed by atoms with E-state index in [0.29, 0.717) is 13.0 Å². The fourth-order valence-corrected chi connectivity index (χ4v) is 2.82. The van der Waals surface area contributed by atoms with Crippen molar-refractivity contribution in [3.63, 3.8) is 0 Å². The summed E-state index contributed by atoms with van der Waals surface area (Å²) in [4.78, 5) is 36.8. The minimum absolute atomic E-state index is 0.0105. The normalized spacial score (nSPS) is 20.1. The molecule has 2 amide bonds. The Bertz CT molecular complexity index is 434. The Balaban J connectivity index is 2.56. The average Bonchev–Trinajstić information content (AvgIpc) is 2.79. The van der Waals surface area contributed by atoms with Gasteiger partial charge in [-0.15, -0.1) is 0 Å². The van der Waals surface area contributed by atoms with Gasteiger partial charge in [-0.25, -0.2) is 0 Å². The van der Waals surface area contributed by atoms with E-state index < -0.39 is 11.5 Å². The Morgan fingerprint density at radius 2 is 2.09 bits per heavy atom. The van der Waals surface area contributed by atoms with Gasteiger partial charge in [-0.3, -0.25) is 14.4 Å². The van der Waals surface area contributed by atoms with Crippen LogP contribution in [0.3, 0.4) is 0 Å². The van der Waals surface area contributed by atoms with E-state index in [0.717, 1.165) is 12.8 Å². The van der Waals surface area contributed by atoms with Crippen LogP contribution in [0.5, 0.6) is 0 Å². The number of nitrogens with one attached hydrogen (secondary N) is 1. The van der Waals surface area contributed by atoms with Crippen LogP contribution in [0.2, 0.25) is 0 Å². The molecule has 126 valence electrons. The number of carbonyl (C=O) groups is 3. The minimum Gasteiger partial charge on any atom is -0.481 e. The number of likely N-dealkylation sites (tertiary alicyclic amines) is 1. The lowest BCUT2D eigenvalue weighted by molar-refractivity contribution is -0.138. The summed E-state index contributed by atoms with van der Waals surface area (Å²) >= 11 is 0. The highest BCUT2D eigenvalue weighted by molar-refractivity contribution is 5.89. The Kier molecular flexibility index (Phi) is 6.38. The van der Waals surface area contributed by atoms with Crippen molar-refractivity contribution in [3.8, 4) is 0 Å². The lowest BCUT2D eigenvalue weighted by Gasteiger charge is -2.28. The molecule has 6 heteroatoms. The smallest absolute Gasteiger partial charge is 0.303 e. The first-order valence-electron chi connectivity index (χ1n) is 7.99. The largest absolute Gasteiger partial charge is 0.481 e. The van der Waals surface area contributed by atoms with Gasteiger partial charge in [0.05, 0.1) is 5.92 Å². The van der Waals surface area contributed by atoms with Gasteiger partial charge in [0, 0.05) is 31.0 Å². The van der Waals surface area contributed by atoms with Crippen LogP contribution in [0.25, 0.3) is 0 Å². The predicted octanol–water partition coefficient (Wildman–Crippen LogP) is 1.78. The molecule has 22 heavy (non-hydrogen) atoms. The van der Waals surface area contributed by atoms with E-state index in [2.05, 4.69) is 12.2 Å². The van der Waals surface area contributed by atoms with Gasteiger partial charge in [-0.05, 0) is 33.6 Å². The molecule has 1 rings (SSSR count). The van der Waals surface area contributed by atoms with Gasteiger partial charge in [0.2, 0.25) is 11.8 Å². The molecule has 0 saturated carbocycles. The van der Waals surface area contributed by atoms with Crippen LogP contribution in [0.4, 0.5) is 0 Å². The fourth-order valence-electron chi connectivity index (χ4n) is 2.82. The number of carboxylic acid groups (broad SMARTS) is 1. The Hall–Kier alpha value is -1.59. The zero-order chi connectivity index (χ0) is 16.9. The summed E-state index contributed by atoms with van der Waals surface area (Å²) in [6.45, 7) is 8.16. The second kappa shape index (κ2) is 7.61. The molecule has 1 aliphatic rings.